The van der Waals surface area contributed by atoms with Crippen molar-refractivity contribution in [3.63, 3.8) is 0 Å². The quantitative estimate of drug-likeness (QED) is 0.829. The molecule has 0 radical (unpaired) electrons. The molecule has 0 fully saturated rings. The van der Waals surface area contributed by atoms with Gasteiger partial charge in [-0.3, -0.25) is 0 Å². The summed E-state index contributed by atoms with van der Waals surface area (Å²) in [5, 5.41) is 11.0. The van der Waals surface area contributed by atoms with Crippen molar-refractivity contribution < 1.29 is 9.84 Å². The minimum Gasteiger partial charge on any atom is -0.457 e. The maximum absolute atomic E-state index is 10.3. The second kappa shape index (κ2) is 6.67. The lowest BCUT2D eigenvalue weighted by atomic mass is 9.96. The van der Waals surface area contributed by atoms with Crippen LogP contribution in [0, 0.1) is 11.8 Å². The number of aliphatic hydroxyl groups is 1. The Morgan fingerprint density at radius 3 is 2.10 bits per heavy atom. The molecule has 0 aliphatic rings. The van der Waals surface area contributed by atoms with E-state index < -0.39 is 5.60 Å². The van der Waals surface area contributed by atoms with Crippen molar-refractivity contribution in [3.05, 3.63) is 59.1 Å². The van der Waals surface area contributed by atoms with Gasteiger partial charge in [0.25, 0.3) is 0 Å². The lowest BCUT2D eigenvalue weighted by molar-refractivity contribution is 0.122. The zero-order valence-electron chi connectivity index (χ0n) is 12.1. The summed E-state index contributed by atoms with van der Waals surface area (Å²) >= 11 is 5.83. The molecule has 0 aliphatic carbocycles. The molecular weight excluding hydrogens is 284 g/mol. The molecule has 0 spiro atoms. The predicted molar refractivity (Wildman–Crippen MR) is 85.6 cm³/mol. The van der Waals surface area contributed by atoms with E-state index in [4.69, 9.17) is 16.3 Å². The third kappa shape index (κ3) is 4.26. The second-order valence-electron chi connectivity index (χ2n) is 4.81. The molecule has 0 amide bonds. The average Bonchev–Trinajstić information content (AvgIpc) is 2.48. The summed E-state index contributed by atoms with van der Waals surface area (Å²) in [4.78, 5) is 0. The minimum atomic E-state index is -1.14. The number of ether oxygens (including phenoxy) is 1. The van der Waals surface area contributed by atoms with Gasteiger partial charge >= 0.3 is 0 Å². The van der Waals surface area contributed by atoms with Gasteiger partial charge in [-0.25, -0.2) is 0 Å². The Hall–Kier alpha value is -1.95. The molecule has 2 aromatic rings. The van der Waals surface area contributed by atoms with E-state index in [0.717, 1.165) is 5.56 Å². The van der Waals surface area contributed by atoms with Gasteiger partial charge in [0, 0.05) is 11.4 Å². The van der Waals surface area contributed by atoms with E-state index in [1.54, 1.807) is 31.2 Å². The summed E-state index contributed by atoms with van der Waals surface area (Å²) in [6.45, 7) is 3.64. The highest BCUT2D eigenvalue weighted by Gasteiger charge is 2.19. The summed E-state index contributed by atoms with van der Waals surface area (Å²) in [6.07, 6.45) is 0.716. The summed E-state index contributed by atoms with van der Waals surface area (Å²) < 4.78 is 5.71. The largest absolute Gasteiger partial charge is 0.457 e. The van der Waals surface area contributed by atoms with Gasteiger partial charge in [0.05, 0.1) is 0 Å². The van der Waals surface area contributed by atoms with Gasteiger partial charge in [-0.15, -0.1) is 5.92 Å². The lowest BCUT2D eigenvalue weighted by Crippen LogP contribution is -2.18. The zero-order chi connectivity index (χ0) is 15.3. The van der Waals surface area contributed by atoms with E-state index in [2.05, 4.69) is 11.8 Å². The molecule has 0 heterocycles. The number of hydrogen-bond acceptors (Lipinski definition) is 2. The maximum atomic E-state index is 10.3. The van der Waals surface area contributed by atoms with E-state index >= 15 is 0 Å². The Bertz CT molecular complexity index is 646. The molecule has 0 saturated heterocycles. The van der Waals surface area contributed by atoms with Crippen molar-refractivity contribution in [1.29, 1.82) is 0 Å². The van der Waals surface area contributed by atoms with Gasteiger partial charge in [-0.1, -0.05) is 36.6 Å². The molecule has 2 aromatic carbocycles. The van der Waals surface area contributed by atoms with Crippen LogP contribution in [0.5, 0.6) is 11.5 Å². The van der Waals surface area contributed by atoms with Crippen LogP contribution in [0.4, 0.5) is 0 Å². The molecule has 21 heavy (non-hydrogen) atoms. The monoisotopic (exact) mass is 300 g/mol. The number of hydrogen-bond donors (Lipinski definition) is 1. The first kappa shape index (κ1) is 15.4. The van der Waals surface area contributed by atoms with Crippen molar-refractivity contribution >= 4 is 11.6 Å². The topological polar surface area (TPSA) is 29.5 Å². The molecular formula is C18H17ClO2. The van der Waals surface area contributed by atoms with Crippen molar-refractivity contribution in [2.24, 2.45) is 0 Å². The SMILES string of the molecule is CCC#CC(C)(O)c1ccc(Oc2ccc(Cl)cc2)cc1. The highest BCUT2D eigenvalue weighted by Crippen LogP contribution is 2.26. The highest BCUT2D eigenvalue weighted by atomic mass is 35.5. The van der Waals surface area contributed by atoms with Crippen LogP contribution < -0.4 is 4.74 Å². The van der Waals surface area contributed by atoms with Gasteiger partial charge < -0.3 is 9.84 Å². The first-order chi connectivity index (χ1) is 10.0. The molecule has 1 atom stereocenters. The highest BCUT2D eigenvalue weighted by molar-refractivity contribution is 6.30. The van der Waals surface area contributed by atoms with Crippen molar-refractivity contribution in [2.75, 3.05) is 0 Å². The van der Waals surface area contributed by atoms with Crippen molar-refractivity contribution in [2.45, 2.75) is 25.9 Å². The third-order valence-corrected chi connectivity index (χ3v) is 3.23. The maximum Gasteiger partial charge on any atom is 0.148 e. The lowest BCUT2D eigenvalue weighted by Gasteiger charge is -2.17. The molecule has 2 nitrogen and oxygen atoms in total. The first-order valence-corrected chi connectivity index (χ1v) is 7.15. The van der Waals surface area contributed by atoms with E-state index in [-0.39, 0.29) is 0 Å². The Morgan fingerprint density at radius 2 is 1.57 bits per heavy atom. The van der Waals surface area contributed by atoms with Crippen LogP contribution in [0.25, 0.3) is 0 Å². The normalized spacial score (nSPS) is 13.0. The van der Waals surface area contributed by atoms with Crippen LogP contribution in [0.15, 0.2) is 48.5 Å². The molecule has 3 heteroatoms. The molecule has 0 aliphatic heterocycles. The summed E-state index contributed by atoms with van der Waals surface area (Å²) in [7, 11) is 0. The molecule has 108 valence electrons. The molecule has 1 N–H and O–H groups in total. The fourth-order valence-corrected chi connectivity index (χ4v) is 1.94. The summed E-state index contributed by atoms with van der Waals surface area (Å²) in [5.74, 6) is 7.16. The minimum absolute atomic E-state index is 0.670. The Balaban J connectivity index is 2.13. The standard InChI is InChI=1S/C18H17ClO2/c1-3-4-13-18(2,20)14-5-9-16(10-6-14)21-17-11-7-15(19)8-12-17/h5-12,20H,3H2,1-2H3. The summed E-state index contributed by atoms with van der Waals surface area (Å²) in [6, 6.07) is 14.4. The van der Waals surface area contributed by atoms with E-state index in [9.17, 15) is 5.11 Å². The molecule has 0 aromatic heterocycles. The van der Waals surface area contributed by atoms with E-state index in [1.165, 1.54) is 0 Å². The van der Waals surface area contributed by atoms with E-state index in [1.807, 2.05) is 31.2 Å². The predicted octanol–water partition coefficient (Wildman–Crippen LogP) is 4.75. The summed E-state index contributed by atoms with van der Waals surface area (Å²) in [5.41, 5.74) is -0.402. The molecule has 0 saturated carbocycles. The first-order valence-electron chi connectivity index (χ1n) is 6.77. The van der Waals surface area contributed by atoms with Crippen LogP contribution in [0.2, 0.25) is 5.02 Å². The molecule has 1 unspecified atom stereocenters. The van der Waals surface area contributed by atoms with Gasteiger partial charge in [0.2, 0.25) is 0 Å². The number of benzene rings is 2. The fourth-order valence-electron chi connectivity index (χ4n) is 1.82. The van der Waals surface area contributed by atoms with Crippen molar-refractivity contribution in [3.8, 4) is 23.3 Å². The van der Waals surface area contributed by atoms with Gasteiger partial charge in [0.15, 0.2) is 0 Å². The fraction of sp³-hybridized carbons (Fsp3) is 0.222. The zero-order valence-corrected chi connectivity index (χ0v) is 12.8. The molecule has 2 rings (SSSR count). The van der Waals surface area contributed by atoms with Crippen LogP contribution in [-0.4, -0.2) is 5.11 Å². The van der Waals surface area contributed by atoms with Gasteiger partial charge in [-0.2, -0.15) is 0 Å². The Morgan fingerprint density at radius 1 is 1.05 bits per heavy atom. The van der Waals surface area contributed by atoms with Gasteiger partial charge in [0.1, 0.15) is 17.1 Å². The van der Waals surface area contributed by atoms with Crippen LogP contribution in [-0.2, 0) is 5.60 Å². The van der Waals surface area contributed by atoms with Crippen LogP contribution in [0.3, 0.4) is 0 Å². The second-order valence-corrected chi connectivity index (χ2v) is 5.24. The number of halogens is 1. The van der Waals surface area contributed by atoms with E-state index in [0.29, 0.717) is 22.9 Å². The third-order valence-electron chi connectivity index (χ3n) is 2.97. The molecule has 0 bridgehead atoms. The van der Waals surface area contributed by atoms with Gasteiger partial charge in [-0.05, 0) is 48.9 Å². The number of rotatable bonds is 3. The Labute approximate surface area is 130 Å². The average molecular weight is 301 g/mol. The van der Waals surface area contributed by atoms with Crippen LogP contribution in [0.1, 0.15) is 25.8 Å². The Kier molecular flexibility index (Phi) is 4.90. The smallest absolute Gasteiger partial charge is 0.148 e. The van der Waals surface area contributed by atoms with Crippen molar-refractivity contribution in [1.82, 2.24) is 0 Å². The van der Waals surface area contributed by atoms with Crippen LogP contribution >= 0.6 is 11.6 Å².